The second-order valence-electron chi connectivity index (χ2n) is 3.03. The molecule has 4 heteroatoms. The Kier molecular flexibility index (Phi) is 4.79. The van der Waals surface area contributed by atoms with Gasteiger partial charge in [0, 0.05) is 26.1 Å². The minimum Gasteiger partial charge on any atom is -0.397 e. The SMILES string of the molecule is CO[Si](CCc1cccnc1C)OC. The van der Waals surface area contributed by atoms with Crippen LogP contribution in [0.2, 0.25) is 6.04 Å². The molecule has 0 saturated heterocycles. The van der Waals surface area contributed by atoms with Crippen molar-refractivity contribution in [3.63, 3.8) is 0 Å². The average molecular weight is 210 g/mol. The van der Waals surface area contributed by atoms with Crippen LogP contribution in [-0.4, -0.2) is 28.5 Å². The maximum atomic E-state index is 5.22. The third-order valence-corrected chi connectivity index (χ3v) is 3.74. The first-order valence-electron chi connectivity index (χ1n) is 4.62. The van der Waals surface area contributed by atoms with E-state index in [1.165, 1.54) is 5.56 Å². The topological polar surface area (TPSA) is 31.4 Å². The largest absolute Gasteiger partial charge is 0.397 e. The van der Waals surface area contributed by atoms with Crippen LogP contribution in [0.25, 0.3) is 0 Å². The minimum atomic E-state index is -1.07. The average Bonchev–Trinajstić information content (AvgIpc) is 2.22. The Hall–Kier alpha value is -0.713. The molecule has 1 rings (SSSR count). The van der Waals surface area contributed by atoms with E-state index in [-0.39, 0.29) is 0 Å². The Balaban J connectivity index is 2.49. The molecule has 1 aromatic rings. The van der Waals surface area contributed by atoms with Crippen molar-refractivity contribution in [1.82, 2.24) is 4.98 Å². The van der Waals surface area contributed by atoms with Gasteiger partial charge in [0.05, 0.1) is 0 Å². The molecule has 0 aliphatic heterocycles. The highest BCUT2D eigenvalue weighted by atomic mass is 28.3. The fraction of sp³-hybridized carbons (Fsp3) is 0.500. The van der Waals surface area contributed by atoms with Gasteiger partial charge in [0.15, 0.2) is 0 Å². The van der Waals surface area contributed by atoms with Crippen molar-refractivity contribution in [2.24, 2.45) is 0 Å². The van der Waals surface area contributed by atoms with Crippen LogP contribution in [0.5, 0.6) is 0 Å². The van der Waals surface area contributed by atoms with E-state index in [9.17, 15) is 0 Å². The molecule has 0 bridgehead atoms. The lowest BCUT2D eigenvalue weighted by Crippen LogP contribution is -2.19. The third-order valence-electron chi connectivity index (χ3n) is 2.17. The lowest BCUT2D eigenvalue weighted by Gasteiger charge is -2.09. The highest BCUT2D eigenvalue weighted by Gasteiger charge is 2.12. The van der Waals surface area contributed by atoms with Gasteiger partial charge in [-0.25, -0.2) is 0 Å². The second kappa shape index (κ2) is 5.90. The molecular weight excluding hydrogens is 194 g/mol. The molecule has 0 aromatic carbocycles. The van der Waals surface area contributed by atoms with Crippen LogP contribution in [0.4, 0.5) is 0 Å². The molecule has 0 aliphatic rings. The molecule has 0 aliphatic carbocycles. The molecule has 14 heavy (non-hydrogen) atoms. The lowest BCUT2D eigenvalue weighted by molar-refractivity contribution is 0.277. The number of pyridine rings is 1. The van der Waals surface area contributed by atoms with Gasteiger partial charge >= 0.3 is 9.28 Å². The monoisotopic (exact) mass is 210 g/mol. The molecule has 0 fully saturated rings. The van der Waals surface area contributed by atoms with Gasteiger partial charge in [-0.2, -0.15) is 0 Å². The Labute approximate surface area is 86.9 Å². The highest BCUT2D eigenvalue weighted by Crippen LogP contribution is 2.09. The van der Waals surface area contributed by atoms with Gasteiger partial charge in [0.1, 0.15) is 0 Å². The number of hydrogen-bond donors (Lipinski definition) is 0. The predicted molar refractivity (Wildman–Crippen MR) is 57.3 cm³/mol. The summed E-state index contributed by atoms with van der Waals surface area (Å²) in [7, 11) is 2.34. The van der Waals surface area contributed by atoms with Crippen molar-refractivity contribution in [2.75, 3.05) is 14.2 Å². The number of hydrogen-bond acceptors (Lipinski definition) is 3. The first kappa shape index (κ1) is 11.4. The zero-order chi connectivity index (χ0) is 10.4. The van der Waals surface area contributed by atoms with Crippen LogP contribution >= 0.6 is 0 Å². The summed E-state index contributed by atoms with van der Waals surface area (Å²) in [5.41, 5.74) is 2.38. The number of aromatic nitrogens is 1. The molecule has 0 atom stereocenters. The van der Waals surface area contributed by atoms with Gasteiger partial charge in [-0.3, -0.25) is 4.98 Å². The Morgan fingerprint density at radius 1 is 1.36 bits per heavy atom. The van der Waals surface area contributed by atoms with Crippen LogP contribution in [0.15, 0.2) is 18.3 Å². The van der Waals surface area contributed by atoms with Crippen molar-refractivity contribution in [1.29, 1.82) is 0 Å². The van der Waals surface area contributed by atoms with Gasteiger partial charge in [0.25, 0.3) is 0 Å². The van der Waals surface area contributed by atoms with Gasteiger partial charge in [-0.15, -0.1) is 0 Å². The predicted octanol–water partition coefficient (Wildman–Crippen LogP) is 1.71. The Morgan fingerprint density at radius 3 is 2.64 bits per heavy atom. The van der Waals surface area contributed by atoms with E-state index in [4.69, 9.17) is 8.85 Å². The molecule has 1 radical (unpaired) electrons. The van der Waals surface area contributed by atoms with Crippen LogP contribution in [0, 0.1) is 6.92 Å². The molecule has 77 valence electrons. The molecule has 0 N–H and O–H groups in total. The summed E-state index contributed by atoms with van der Waals surface area (Å²) in [6.45, 7) is 2.03. The van der Waals surface area contributed by atoms with E-state index in [1.54, 1.807) is 14.2 Å². The smallest absolute Gasteiger partial charge is 0.384 e. The molecule has 0 amide bonds. The number of nitrogens with zero attached hydrogens (tertiary/aromatic N) is 1. The van der Waals surface area contributed by atoms with Crippen LogP contribution < -0.4 is 0 Å². The summed E-state index contributed by atoms with van der Waals surface area (Å²) >= 11 is 0. The van der Waals surface area contributed by atoms with Crippen molar-refractivity contribution in [3.8, 4) is 0 Å². The lowest BCUT2D eigenvalue weighted by atomic mass is 10.1. The molecule has 3 nitrogen and oxygen atoms in total. The van der Waals surface area contributed by atoms with E-state index in [0.717, 1.165) is 18.2 Å². The van der Waals surface area contributed by atoms with Gasteiger partial charge < -0.3 is 8.85 Å². The molecule has 0 saturated carbocycles. The maximum absolute atomic E-state index is 5.22. The van der Waals surface area contributed by atoms with E-state index in [2.05, 4.69) is 11.1 Å². The Bertz CT molecular complexity index is 277. The third kappa shape index (κ3) is 3.21. The summed E-state index contributed by atoms with van der Waals surface area (Å²) in [5, 5.41) is 0. The summed E-state index contributed by atoms with van der Waals surface area (Å²) in [6.07, 6.45) is 2.80. The quantitative estimate of drug-likeness (QED) is 0.693. The van der Waals surface area contributed by atoms with Crippen molar-refractivity contribution in [3.05, 3.63) is 29.6 Å². The highest BCUT2D eigenvalue weighted by molar-refractivity contribution is 6.44. The number of rotatable bonds is 5. The molecule has 0 unspecified atom stereocenters. The van der Waals surface area contributed by atoms with Gasteiger partial charge in [-0.1, -0.05) is 6.07 Å². The normalized spacial score (nSPS) is 10.9. The summed E-state index contributed by atoms with van der Waals surface area (Å²) in [5.74, 6) is 0. The standard InChI is InChI=1S/C10H16NO2Si/c1-9-10(5-4-7-11-9)6-8-14(12-2)13-3/h4-5,7H,6,8H2,1-3H3. The second-order valence-corrected chi connectivity index (χ2v) is 5.09. The van der Waals surface area contributed by atoms with E-state index in [1.807, 2.05) is 19.2 Å². The van der Waals surface area contributed by atoms with E-state index < -0.39 is 9.28 Å². The summed E-state index contributed by atoms with van der Waals surface area (Å²) in [6, 6.07) is 5.03. The van der Waals surface area contributed by atoms with E-state index >= 15 is 0 Å². The fourth-order valence-corrected chi connectivity index (χ4v) is 2.35. The van der Waals surface area contributed by atoms with Crippen molar-refractivity contribution >= 4 is 9.28 Å². The van der Waals surface area contributed by atoms with Gasteiger partial charge in [-0.05, 0) is 31.0 Å². The molecule has 1 heterocycles. The minimum absolute atomic E-state index is 0.962. The van der Waals surface area contributed by atoms with Gasteiger partial charge in [0.2, 0.25) is 0 Å². The summed E-state index contributed by atoms with van der Waals surface area (Å²) in [4.78, 5) is 4.24. The molecular formula is C10H16NO2Si. The van der Waals surface area contributed by atoms with Crippen molar-refractivity contribution < 1.29 is 8.85 Å². The first-order chi connectivity index (χ1) is 6.77. The first-order valence-corrected chi connectivity index (χ1v) is 6.14. The van der Waals surface area contributed by atoms with Crippen LogP contribution in [0.3, 0.4) is 0 Å². The van der Waals surface area contributed by atoms with Crippen LogP contribution in [0.1, 0.15) is 11.3 Å². The summed E-state index contributed by atoms with van der Waals surface area (Å²) < 4.78 is 10.4. The Morgan fingerprint density at radius 2 is 2.07 bits per heavy atom. The zero-order valence-electron chi connectivity index (χ0n) is 8.91. The van der Waals surface area contributed by atoms with E-state index in [0.29, 0.717) is 0 Å². The fourth-order valence-electron chi connectivity index (χ4n) is 1.31. The van der Waals surface area contributed by atoms with Crippen molar-refractivity contribution in [2.45, 2.75) is 19.4 Å². The molecule has 1 aromatic heterocycles. The van der Waals surface area contributed by atoms with Crippen LogP contribution in [-0.2, 0) is 15.3 Å². The maximum Gasteiger partial charge on any atom is 0.384 e. The number of aryl methyl sites for hydroxylation is 2. The zero-order valence-corrected chi connectivity index (χ0v) is 9.91. The molecule has 0 spiro atoms.